The molecule has 0 atom stereocenters. The van der Waals surface area contributed by atoms with Crippen molar-refractivity contribution < 1.29 is 4.79 Å². The van der Waals surface area contributed by atoms with E-state index in [1.165, 1.54) is 16.0 Å². The van der Waals surface area contributed by atoms with Gasteiger partial charge in [0.1, 0.15) is 0 Å². The number of carbonyl (C=O) groups excluding carboxylic acids is 1. The molecule has 2 heterocycles. The van der Waals surface area contributed by atoms with Crippen LogP contribution in [0.2, 0.25) is 0 Å². The number of carbonyl (C=O) groups is 1. The summed E-state index contributed by atoms with van der Waals surface area (Å²) in [4.78, 5) is 12.2. The third-order valence-corrected chi connectivity index (χ3v) is 2.30. The van der Waals surface area contributed by atoms with Crippen LogP contribution in [0.5, 0.6) is 0 Å². The molecule has 0 aliphatic heterocycles. The lowest BCUT2D eigenvalue weighted by Crippen LogP contribution is -2.10. The lowest BCUT2D eigenvalue weighted by atomic mass is 10.4. The Bertz CT molecular complexity index is 327. The Kier molecular flexibility index (Phi) is 1.75. The summed E-state index contributed by atoms with van der Waals surface area (Å²) in [5.41, 5.74) is 0. The molecule has 2 aromatic rings. The minimum atomic E-state index is -0.0741. The molecule has 3 nitrogen and oxygen atoms in total. The normalized spacial score (nSPS) is 10.0. The fraction of sp³-hybridized carbons (Fsp3) is 0. The molecule has 0 unspecified atom stereocenters. The quantitative estimate of drug-likeness (QED) is 0.665. The molecule has 12 heavy (non-hydrogen) atoms. The van der Waals surface area contributed by atoms with Gasteiger partial charge >= 0.3 is 0 Å². The summed E-state index contributed by atoms with van der Waals surface area (Å²) < 4.78 is 1.33. The molecule has 0 aliphatic carbocycles. The van der Waals surface area contributed by atoms with Crippen molar-refractivity contribution in [2.75, 3.05) is 0 Å². The summed E-state index contributed by atoms with van der Waals surface area (Å²) in [6.07, 6.45) is 3.23. The van der Waals surface area contributed by atoms with Gasteiger partial charge in [-0.25, -0.2) is 4.68 Å². The molecule has 0 bridgehead atoms. The van der Waals surface area contributed by atoms with Crippen LogP contribution in [0, 0.1) is 0 Å². The van der Waals surface area contributed by atoms with Crippen LogP contribution < -0.4 is 0 Å². The van der Waals surface area contributed by atoms with Crippen molar-refractivity contribution in [1.29, 1.82) is 0 Å². The Morgan fingerprint density at radius 1 is 1.50 bits per heavy atom. The predicted octanol–water partition coefficient (Wildman–Crippen LogP) is 1.63. The highest BCUT2D eigenvalue weighted by Gasteiger charge is 2.07. The summed E-state index contributed by atoms with van der Waals surface area (Å²) in [6.45, 7) is 0. The molecule has 0 saturated heterocycles. The van der Waals surface area contributed by atoms with Crippen LogP contribution in [-0.2, 0) is 0 Å². The van der Waals surface area contributed by atoms with Crippen LogP contribution in [0.15, 0.2) is 36.0 Å². The molecule has 0 spiro atoms. The van der Waals surface area contributed by atoms with Crippen LogP contribution in [-0.4, -0.2) is 15.7 Å². The second kappa shape index (κ2) is 2.91. The molecule has 0 aliphatic rings. The number of rotatable bonds is 1. The van der Waals surface area contributed by atoms with Gasteiger partial charge in [0.2, 0.25) is 0 Å². The Balaban J connectivity index is 2.34. The van der Waals surface area contributed by atoms with Crippen LogP contribution in [0.1, 0.15) is 9.67 Å². The Morgan fingerprint density at radius 2 is 2.42 bits per heavy atom. The molecular weight excluding hydrogens is 172 g/mol. The van der Waals surface area contributed by atoms with Gasteiger partial charge in [-0.15, -0.1) is 11.3 Å². The van der Waals surface area contributed by atoms with Crippen LogP contribution in [0.4, 0.5) is 0 Å². The molecule has 2 aromatic heterocycles. The van der Waals surface area contributed by atoms with Gasteiger partial charge in [-0.2, -0.15) is 5.10 Å². The highest BCUT2D eigenvalue weighted by molar-refractivity contribution is 7.12. The number of hydrogen-bond donors (Lipinski definition) is 0. The average Bonchev–Trinajstić information content (AvgIpc) is 2.77. The Morgan fingerprint density at radius 3 is 3.00 bits per heavy atom. The van der Waals surface area contributed by atoms with E-state index in [1.54, 1.807) is 24.5 Å². The lowest BCUT2D eigenvalue weighted by Gasteiger charge is -1.94. The Hall–Kier alpha value is -1.42. The summed E-state index contributed by atoms with van der Waals surface area (Å²) in [5.74, 6) is -0.0741. The summed E-state index contributed by atoms with van der Waals surface area (Å²) >= 11 is 1.42. The minimum Gasteiger partial charge on any atom is -0.266 e. The number of nitrogens with zero attached hydrogens (tertiary/aromatic N) is 2. The van der Waals surface area contributed by atoms with Gasteiger partial charge in [0.05, 0.1) is 4.88 Å². The third kappa shape index (κ3) is 1.16. The number of hydrogen-bond acceptors (Lipinski definition) is 3. The van der Waals surface area contributed by atoms with Crippen molar-refractivity contribution >= 4 is 17.2 Å². The number of thiophene rings is 1. The lowest BCUT2D eigenvalue weighted by molar-refractivity contribution is 0.0949. The largest absolute Gasteiger partial charge is 0.288 e. The first kappa shape index (κ1) is 7.24. The van der Waals surface area contributed by atoms with Crippen LogP contribution >= 0.6 is 11.3 Å². The second-order valence-electron chi connectivity index (χ2n) is 2.23. The molecule has 0 amide bonds. The van der Waals surface area contributed by atoms with Gasteiger partial charge in [0, 0.05) is 12.4 Å². The average molecular weight is 178 g/mol. The first-order valence-corrected chi connectivity index (χ1v) is 4.34. The monoisotopic (exact) mass is 178 g/mol. The summed E-state index contributed by atoms with van der Waals surface area (Å²) in [5, 5.41) is 5.72. The van der Waals surface area contributed by atoms with Crippen molar-refractivity contribution in [1.82, 2.24) is 9.78 Å². The van der Waals surface area contributed by atoms with Gasteiger partial charge in [-0.05, 0) is 17.5 Å². The van der Waals surface area contributed by atoms with E-state index in [-0.39, 0.29) is 5.91 Å². The van der Waals surface area contributed by atoms with Gasteiger partial charge in [-0.3, -0.25) is 4.79 Å². The zero-order valence-electron chi connectivity index (χ0n) is 6.18. The number of aromatic nitrogens is 2. The zero-order valence-corrected chi connectivity index (χ0v) is 6.99. The zero-order chi connectivity index (χ0) is 8.39. The van der Waals surface area contributed by atoms with Crippen molar-refractivity contribution in [3.63, 3.8) is 0 Å². The van der Waals surface area contributed by atoms with E-state index < -0.39 is 0 Å². The van der Waals surface area contributed by atoms with E-state index >= 15 is 0 Å². The van der Waals surface area contributed by atoms with Crippen molar-refractivity contribution in [3.05, 3.63) is 40.8 Å². The van der Waals surface area contributed by atoms with Gasteiger partial charge < -0.3 is 0 Å². The smallest absolute Gasteiger partial charge is 0.266 e. The maximum absolute atomic E-state index is 11.5. The second-order valence-corrected chi connectivity index (χ2v) is 3.18. The first-order valence-electron chi connectivity index (χ1n) is 3.46. The molecular formula is C8H6N2OS. The molecule has 2 rings (SSSR count). The molecule has 60 valence electrons. The Labute approximate surface area is 73.3 Å². The topological polar surface area (TPSA) is 34.9 Å². The summed E-state index contributed by atoms with van der Waals surface area (Å²) in [7, 11) is 0. The van der Waals surface area contributed by atoms with E-state index in [9.17, 15) is 4.79 Å². The van der Waals surface area contributed by atoms with Crippen molar-refractivity contribution in [2.45, 2.75) is 0 Å². The van der Waals surface area contributed by atoms with Gasteiger partial charge in [-0.1, -0.05) is 6.07 Å². The third-order valence-electron chi connectivity index (χ3n) is 1.44. The molecule has 0 fully saturated rings. The fourth-order valence-corrected chi connectivity index (χ4v) is 1.56. The van der Waals surface area contributed by atoms with Gasteiger partial charge in [0.15, 0.2) is 0 Å². The van der Waals surface area contributed by atoms with E-state index in [2.05, 4.69) is 5.10 Å². The van der Waals surface area contributed by atoms with Crippen LogP contribution in [0.3, 0.4) is 0 Å². The maximum atomic E-state index is 11.5. The van der Waals surface area contributed by atoms with E-state index in [1.807, 2.05) is 11.4 Å². The van der Waals surface area contributed by atoms with E-state index in [4.69, 9.17) is 0 Å². The SMILES string of the molecule is O=C(c1cccs1)n1cccn1. The molecule has 0 N–H and O–H groups in total. The molecule has 0 saturated carbocycles. The standard InChI is InChI=1S/C8H6N2OS/c11-8(7-3-1-6-12-7)10-5-2-4-9-10/h1-6H. The van der Waals surface area contributed by atoms with Crippen molar-refractivity contribution in [2.24, 2.45) is 0 Å². The van der Waals surface area contributed by atoms with E-state index in [0.717, 1.165) is 0 Å². The fourth-order valence-electron chi connectivity index (χ4n) is 0.902. The minimum absolute atomic E-state index is 0.0741. The first-order chi connectivity index (χ1) is 5.88. The van der Waals surface area contributed by atoms with Gasteiger partial charge in [0.25, 0.3) is 5.91 Å². The van der Waals surface area contributed by atoms with Crippen LogP contribution in [0.25, 0.3) is 0 Å². The predicted molar refractivity (Wildman–Crippen MR) is 46.3 cm³/mol. The molecule has 4 heteroatoms. The highest BCUT2D eigenvalue weighted by Crippen LogP contribution is 2.09. The summed E-state index contributed by atoms with van der Waals surface area (Å²) in [6, 6.07) is 5.36. The molecule has 0 aromatic carbocycles. The van der Waals surface area contributed by atoms with E-state index in [0.29, 0.717) is 4.88 Å². The molecule has 0 radical (unpaired) electrons. The van der Waals surface area contributed by atoms with Crippen molar-refractivity contribution in [3.8, 4) is 0 Å². The maximum Gasteiger partial charge on any atom is 0.288 e. The highest BCUT2D eigenvalue weighted by atomic mass is 32.1.